The number of nitrogens with one attached hydrogen (secondary N) is 1. The monoisotopic (exact) mass is 253 g/mol. The van der Waals surface area contributed by atoms with Crippen molar-refractivity contribution in [1.82, 2.24) is 0 Å². The van der Waals surface area contributed by atoms with Crippen LogP contribution in [0.4, 0.5) is 5.69 Å². The van der Waals surface area contributed by atoms with Crippen LogP contribution in [0.3, 0.4) is 0 Å². The van der Waals surface area contributed by atoms with Gasteiger partial charge in [-0.05, 0) is 36.4 Å². The summed E-state index contributed by atoms with van der Waals surface area (Å²) in [6, 6.07) is 15.0. The molecule has 0 saturated carbocycles. The molecule has 0 aliphatic heterocycles. The number of hydrogen-bond donors (Lipinski definition) is 1. The number of benzene rings is 2. The Morgan fingerprint density at radius 3 is 2.05 bits per heavy atom. The van der Waals surface area contributed by atoms with Gasteiger partial charge in [-0.15, -0.1) is 0 Å². The highest BCUT2D eigenvalue weighted by Gasteiger charge is 2.06. The largest absolute Gasteiger partial charge is 0.322 e. The molecule has 1 amide bonds. The third-order valence-corrected chi connectivity index (χ3v) is 2.57. The van der Waals surface area contributed by atoms with Crippen molar-refractivity contribution in [2.75, 3.05) is 5.32 Å². The number of hydrogen-bond acceptors (Lipinski definition) is 3. The van der Waals surface area contributed by atoms with Gasteiger partial charge in [0.15, 0.2) is 6.29 Å². The summed E-state index contributed by atoms with van der Waals surface area (Å²) in [5.74, 6) is -0.809. The van der Waals surface area contributed by atoms with Crippen molar-refractivity contribution in [2.45, 2.75) is 0 Å². The molecule has 4 nitrogen and oxygen atoms in total. The molecule has 0 atom stereocenters. The van der Waals surface area contributed by atoms with Gasteiger partial charge in [-0.1, -0.05) is 18.2 Å². The maximum atomic E-state index is 11.9. The minimum Gasteiger partial charge on any atom is -0.322 e. The van der Waals surface area contributed by atoms with E-state index >= 15 is 0 Å². The van der Waals surface area contributed by atoms with E-state index in [-0.39, 0.29) is 12.2 Å². The fourth-order valence-electron chi connectivity index (χ4n) is 1.58. The summed E-state index contributed by atoms with van der Waals surface area (Å²) in [5, 5.41) is 2.70. The summed E-state index contributed by atoms with van der Waals surface area (Å²) < 4.78 is 0. The molecule has 0 radical (unpaired) electrons. The van der Waals surface area contributed by atoms with Crippen LogP contribution in [0.5, 0.6) is 0 Å². The quantitative estimate of drug-likeness (QED) is 0.516. The van der Waals surface area contributed by atoms with E-state index in [4.69, 9.17) is 0 Å². The minimum absolute atomic E-state index is 0.227. The van der Waals surface area contributed by atoms with Gasteiger partial charge in [0.1, 0.15) is 0 Å². The van der Waals surface area contributed by atoms with Gasteiger partial charge >= 0.3 is 0 Å². The molecule has 0 bridgehead atoms. The molecule has 0 heterocycles. The molecule has 0 fully saturated rings. The first kappa shape index (κ1) is 12.7. The van der Waals surface area contributed by atoms with E-state index in [0.29, 0.717) is 16.8 Å². The van der Waals surface area contributed by atoms with E-state index in [9.17, 15) is 14.4 Å². The first-order chi connectivity index (χ1) is 9.20. The number of ketones is 1. The predicted octanol–water partition coefficient (Wildman–Crippen LogP) is 2.32. The van der Waals surface area contributed by atoms with Gasteiger partial charge in [-0.25, -0.2) is 0 Å². The van der Waals surface area contributed by atoms with Crippen LogP contribution in [0.15, 0.2) is 54.6 Å². The molecule has 4 heteroatoms. The van der Waals surface area contributed by atoms with Gasteiger partial charge in [0, 0.05) is 16.8 Å². The zero-order chi connectivity index (χ0) is 13.7. The maximum Gasteiger partial charge on any atom is 0.255 e. The summed E-state index contributed by atoms with van der Waals surface area (Å²) in [4.78, 5) is 33.3. The van der Waals surface area contributed by atoms with E-state index in [0.717, 1.165) is 0 Å². The first-order valence-electron chi connectivity index (χ1n) is 5.66. The lowest BCUT2D eigenvalue weighted by molar-refractivity contribution is -0.104. The molecule has 0 spiro atoms. The van der Waals surface area contributed by atoms with Crippen LogP contribution >= 0.6 is 0 Å². The molecule has 94 valence electrons. The van der Waals surface area contributed by atoms with Gasteiger partial charge in [-0.2, -0.15) is 0 Å². The normalized spacial score (nSPS) is 9.68. The third kappa shape index (κ3) is 3.13. The number of amides is 1. The lowest BCUT2D eigenvalue weighted by Gasteiger charge is -2.05. The Hall–Kier alpha value is -2.75. The number of anilines is 1. The number of Topliss-reactive ketones (excluding diaryl/α,β-unsaturated/α-hetero) is 1. The Bertz CT molecular complexity index is 603. The van der Waals surface area contributed by atoms with E-state index in [1.807, 2.05) is 6.07 Å². The van der Waals surface area contributed by atoms with Crippen molar-refractivity contribution in [1.29, 1.82) is 0 Å². The Balaban J connectivity index is 2.10. The lowest BCUT2D eigenvalue weighted by atomic mass is 10.1. The van der Waals surface area contributed by atoms with E-state index < -0.39 is 5.78 Å². The molecule has 0 saturated heterocycles. The fourth-order valence-corrected chi connectivity index (χ4v) is 1.58. The topological polar surface area (TPSA) is 63.2 Å². The van der Waals surface area contributed by atoms with Crippen LogP contribution in [-0.4, -0.2) is 18.0 Å². The average Bonchev–Trinajstić information content (AvgIpc) is 2.48. The van der Waals surface area contributed by atoms with E-state index in [2.05, 4.69) is 5.32 Å². The average molecular weight is 253 g/mol. The van der Waals surface area contributed by atoms with Crippen molar-refractivity contribution in [3.8, 4) is 0 Å². The van der Waals surface area contributed by atoms with Gasteiger partial charge in [0.05, 0.1) is 0 Å². The smallest absolute Gasteiger partial charge is 0.255 e. The van der Waals surface area contributed by atoms with Crippen LogP contribution in [0.2, 0.25) is 0 Å². The minimum atomic E-state index is -0.582. The molecule has 0 aliphatic rings. The lowest BCUT2D eigenvalue weighted by Crippen LogP contribution is -2.11. The van der Waals surface area contributed by atoms with Crippen LogP contribution in [0.25, 0.3) is 0 Å². The molecule has 0 unspecified atom stereocenters. The van der Waals surface area contributed by atoms with Crippen LogP contribution < -0.4 is 5.32 Å². The Morgan fingerprint density at radius 1 is 0.842 bits per heavy atom. The summed E-state index contributed by atoms with van der Waals surface area (Å²) in [6.07, 6.45) is 0.261. The van der Waals surface area contributed by atoms with Gasteiger partial charge in [0.2, 0.25) is 5.78 Å². The number of aldehydes is 1. The fraction of sp³-hybridized carbons (Fsp3) is 0. The molecular formula is C15H11NO3. The van der Waals surface area contributed by atoms with E-state index in [1.165, 1.54) is 12.1 Å². The second-order valence-electron chi connectivity index (χ2n) is 3.88. The highest BCUT2D eigenvalue weighted by atomic mass is 16.2. The van der Waals surface area contributed by atoms with Gasteiger partial charge < -0.3 is 5.32 Å². The summed E-state index contributed by atoms with van der Waals surface area (Å²) in [5.41, 5.74) is 1.42. The molecule has 1 N–H and O–H groups in total. The zero-order valence-corrected chi connectivity index (χ0v) is 10.00. The second-order valence-corrected chi connectivity index (χ2v) is 3.88. The zero-order valence-electron chi connectivity index (χ0n) is 10.00. The van der Waals surface area contributed by atoms with Crippen molar-refractivity contribution in [3.63, 3.8) is 0 Å². The highest BCUT2D eigenvalue weighted by molar-refractivity contribution is 6.33. The van der Waals surface area contributed by atoms with Crippen molar-refractivity contribution in [2.24, 2.45) is 0 Å². The molecule has 0 aromatic heterocycles. The van der Waals surface area contributed by atoms with Crippen LogP contribution in [0, 0.1) is 0 Å². The number of carbonyl (C=O) groups excluding carboxylic acids is 3. The van der Waals surface area contributed by atoms with Crippen molar-refractivity contribution < 1.29 is 14.4 Å². The SMILES string of the molecule is O=CC(=O)c1ccc(NC(=O)c2ccccc2)cc1. The third-order valence-electron chi connectivity index (χ3n) is 2.57. The van der Waals surface area contributed by atoms with Gasteiger partial charge in [0.25, 0.3) is 5.91 Å². The van der Waals surface area contributed by atoms with E-state index in [1.54, 1.807) is 36.4 Å². The summed E-state index contributed by atoms with van der Waals surface area (Å²) >= 11 is 0. The Morgan fingerprint density at radius 2 is 1.47 bits per heavy atom. The maximum absolute atomic E-state index is 11.9. The molecular weight excluding hydrogens is 242 g/mol. The van der Waals surface area contributed by atoms with Crippen molar-refractivity contribution in [3.05, 3.63) is 65.7 Å². The predicted molar refractivity (Wildman–Crippen MR) is 71.2 cm³/mol. The molecule has 2 rings (SSSR count). The van der Waals surface area contributed by atoms with Gasteiger partial charge in [-0.3, -0.25) is 14.4 Å². The molecule has 0 aliphatic carbocycles. The molecule has 19 heavy (non-hydrogen) atoms. The van der Waals surface area contributed by atoms with Crippen molar-refractivity contribution >= 4 is 23.7 Å². The first-order valence-corrected chi connectivity index (χ1v) is 5.66. The summed E-state index contributed by atoms with van der Waals surface area (Å²) in [7, 11) is 0. The number of carbonyl (C=O) groups is 3. The van der Waals surface area contributed by atoms with Crippen LogP contribution in [-0.2, 0) is 4.79 Å². The standard InChI is InChI=1S/C15H11NO3/c17-10-14(18)11-6-8-13(9-7-11)16-15(19)12-4-2-1-3-5-12/h1-10H,(H,16,19). The highest BCUT2D eigenvalue weighted by Crippen LogP contribution is 2.11. The molecule has 2 aromatic rings. The Kier molecular flexibility index (Phi) is 3.83. The van der Waals surface area contributed by atoms with Crippen LogP contribution in [0.1, 0.15) is 20.7 Å². The second kappa shape index (κ2) is 5.73. The molecule has 2 aromatic carbocycles. The summed E-state index contributed by atoms with van der Waals surface area (Å²) in [6.45, 7) is 0. The Labute approximate surface area is 110 Å². The number of rotatable bonds is 4.